The van der Waals surface area contributed by atoms with Gasteiger partial charge in [-0.1, -0.05) is 6.07 Å². The lowest BCUT2D eigenvalue weighted by atomic mass is 10.2. The van der Waals surface area contributed by atoms with Gasteiger partial charge in [-0.15, -0.1) is 0 Å². The number of fused-ring (bicyclic) bond motifs is 1. The smallest absolute Gasteiger partial charge is 0.358 e. The Kier molecular flexibility index (Phi) is 3.85. The van der Waals surface area contributed by atoms with Crippen LogP contribution >= 0.6 is 0 Å². The average Bonchev–Trinajstić information content (AvgIpc) is 2.78. The molecule has 0 spiro atoms. The number of imidazole rings is 1. The summed E-state index contributed by atoms with van der Waals surface area (Å²) in [6.07, 6.45) is 2.68. The van der Waals surface area contributed by atoms with Gasteiger partial charge in [0.1, 0.15) is 5.82 Å². The highest BCUT2D eigenvalue weighted by atomic mass is 16.5. The lowest BCUT2D eigenvalue weighted by Crippen LogP contribution is -2.24. The molecule has 0 aliphatic carbocycles. The summed E-state index contributed by atoms with van der Waals surface area (Å²) < 4.78 is 6.78. The minimum atomic E-state index is -0.393. The molecule has 0 amide bonds. The number of ether oxygens (including phenoxy) is 1. The Morgan fingerprint density at radius 1 is 1.58 bits per heavy atom. The van der Waals surface area contributed by atoms with E-state index in [0.29, 0.717) is 5.69 Å². The SMILES string of the molecule is CNC(C)Cc1nc(C(=O)OC)c2c(C)cccn12. The number of likely N-dealkylation sites (N-methyl/N-ethyl adjacent to an activating group) is 1. The number of carbonyl (C=O) groups excluding carboxylic acids is 1. The Morgan fingerprint density at radius 3 is 2.95 bits per heavy atom. The summed E-state index contributed by atoms with van der Waals surface area (Å²) >= 11 is 0. The maximum atomic E-state index is 11.8. The number of pyridine rings is 1. The van der Waals surface area contributed by atoms with Crippen molar-refractivity contribution in [3.8, 4) is 0 Å². The Labute approximate surface area is 112 Å². The number of methoxy groups -OCH3 is 1. The molecule has 0 aromatic carbocycles. The second kappa shape index (κ2) is 5.40. The molecule has 0 saturated heterocycles. The molecule has 1 unspecified atom stereocenters. The van der Waals surface area contributed by atoms with E-state index in [2.05, 4.69) is 17.2 Å². The summed E-state index contributed by atoms with van der Waals surface area (Å²) in [6.45, 7) is 4.05. The van der Waals surface area contributed by atoms with Gasteiger partial charge in [-0.2, -0.15) is 0 Å². The zero-order valence-corrected chi connectivity index (χ0v) is 11.7. The van der Waals surface area contributed by atoms with Gasteiger partial charge in [0.2, 0.25) is 0 Å². The van der Waals surface area contributed by atoms with Crippen molar-refractivity contribution >= 4 is 11.5 Å². The van der Waals surface area contributed by atoms with Crippen LogP contribution in [0.4, 0.5) is 0 Å². The molecular formula is C14H19N3O2. The minimum Gasteiger partial charge on any atom is -0.464 e. The highest BCUT2D eigenvalue weighted by molar-refractivity contribution is 5.96. The number of aromatic nitrogens is 2. The highest BCUT2D eigenvalue weighted by Crippen LogP contribution is 2.19. The van der Waals surface area contributed by atoms with Crippen LogP contribution in [-0.2, 0) is 11.2 Å². The molecule has 0 radical (unpaired) electrons. The van der Waals surface area contributed by atoms with Gasteiger partial charge in [0.15, 0.2) is 5.69 Å². The third-order valence-electron chi connectivity index (χ3n) is 3.30. The molecule has 102 valence electrons. The molecule has 0 aliphatic rings. The van der Waals surface area contributed by atoms with Crippen LogP contribution in [0.1, 0.15) is 28.8 Å². The Morgan fingerprint density at radius 2 is 2.32 bits per heavy atom. The fourth-order valence-electron chi connectivity index (χ4n) is 2.13. The monoisotopic (exact) mass is 261 g/mol. The quantitative estimate of drug-likeness (QED) is 0.849. The summed E-state index contributed by atoms with van der Waals surface area (Å²) in [6, 6.07) is 4.21. The summed E-state index contributed by atoms with van der Waals surface area (Å²) in [5, 5.41) is 3.18. The summed E-state index contributed by atoms with van der Waals surface area (Å²) in [7, 11) is 3.29. The van der Waals surface area contributed by atoms with Gasteiger partial charge >= 0.3 is 5.97 Å². The van der Waals surface area contributed by atoms with Crippen molar-refractivity contribution in [2.24, 2.45) is 0 Å². The highest BCUT2D eigenvalue weighted by Gasteiger charge is 2.20. The molecule has 0 saturated carbocycles. The van der Waals surface area contributed by atoms with Crippen LogP contribution in [-0.4, -0.2) is 35.6 Å². The summed E-state index contributed by atoms with van der Waals surface area (Å²) in [4.78, 5) is 16.3. The third kappa shape index (κ3) is 2.46. The predicted molar refractivity (Wildman–Crippen MR) is 73.5 cm³/mol. The van der Waals surface area contributed by atoms with Crippen LogP contribution in [0.15, 0.2) is 18.3 Å². The number of esters is 1. The Bertz CT molecular complexity index is 604. The maximum absolute atomic E-state index is 11.8. The van der Waals surface area contributed by atoms with Crippen molar-refractivity contribution in [3.05, 3.63) is 35.4 Å². The normalized spacial score (nSPS) is 12.6. The predicted octanol–water partition coefficient (Wildman–Crippen LogP) is 1.58. The van der Waals surface area contributed by atoms with E-state index in [9.17, 15) is 4.79 Å². The first-order valence-electron chi connectivity index (χ1n) is 6.30. The number of nitrogens with zero attached hydrogens (tertiary/aromatic N) is 2. The standard InChI is InChI=1S/C14H19N3O2/c1-9-6-5-7-17-11(8-10(2)15-3)16-12(13(9)17)14(18)19-4/h5-7,10,15H,8H2,1-4H3. The fourth-order valence-corrected chi connectivity index (χ4v) is 2.13. The average molecular weight is 261 g/mol. The van der Waals surface area contributed by atoms with Gasteiger partial charge in [0.25, 0.3) is 0 Å². The first-order chi connectivity index (χ1) is 9.08. The lowest BCUT2D eigenvalue weighted by Gasteiger charge is -2.08. The van der Waals surface area contributed by atoms with Gasteiger partial charge in [0.05, 0.1) is 12.6 Å². The van der Waals surface area contributed by atoms with E-state index >= 15 is 0 Å². The topological polar surface area (TPSA) is 55.6 Å². The number of carbonyl (C=O) groups is 1. The molecule has 2 heterocycles. The number of hydrogen-bond acceptors (Lipinski definition) is 4. The molecule has 0 fully saturated rings. The third-order valence-corrected chi connectivity index (χ3v) is 3.30. The zero-order valence-electron chi connectivity index (χ0n) is 11.7. The van der Waals surface area contributed by atoms with Crippen molar-refractivity contribution in [3.63, 3.8) is 0 Å². The van der Waals surface area contributed by atoms with E-state index in [-0.39, 0.29) is 6.04 Å². The number of rotatable bonds is 4. The fraction of sp³-hybridized carbons (Fsp3) is 0.429. The molecule has 19 heavy (non-hydrogen) atoms. The van der Waals surface area contributed by atoms with Crippen molar-refractivity contribution in [1.29, 1.82) is 0 Å². The van der Waals surface area contributed by atoms with Crippen molar-refractivity contribution in [1.82, 2.24) is 14.7 Å². The van der Waals surface area contributed by atoms with Gasteiger partial charge in [-0.3, -0.25) is 0 Å². The minimum absolute atomic E-state index is 0.289. The molecule has 5 heteroatoms. The van der Waals surface area contributed by atoms with Crippen LogP contribution in [0, 0.1) is 6.92 Å². The van der Waals surface area contributed by atoms with Crippen LogP contribution in [0.25, 0.3) is 5.52 Å². The molecule has 5 nitrogen and oxygen atoms in total. The second-order valence-corrected chi connectivity index (χ2v) is 4.67. The van der Waals surface area contributed by atoms with Crippen molar-refractivity contribution in [2.75, 3.05) is 14.2 Å². The van der Waals surface area contributed by atoms with Crippen LogP contribution in [0.2, 0.25) is 0 Å². The Balaban J connectivity index is 2.60. The first-order valence-corrected chi connectivity index (χ1v) is 6.30. The van der Waals surface area contributed by atoms with Gasteiger partial charge in [0, 0.05) is 18.7 Å². The van der Waals surface area contributed by atoms with Crippen LogP contribution in [0.3, 0.4) is 0 Å². The van der Waals surface area contributed by atoms with E-state index in [1.54, 1.807) is 0 Å². The first kappa shape index (κ1) is 13.5. The molecule has 0 aliphatic heterocycles. The maximum Gasteiger partial charge on any atom is 0.358 e. The number of hydrogen-bond donors (Lipinski definition) is 1. The molecular weight excluding hydrogens is 242 g/mol. The van der Waals surface area contributed by atoms with Crippen molar-refractivity contribution < 1.29 is 9.53 Å². The van der Waals surface area contributed by atoms with Gasteiger partial charge in [-0.05, 0) is 32.5 Å². The second-order valence-electron chi connectivity index (χ2n) is 4.67. The van der Waals surface area contributed by atoms with Crippen LogP contribution < -0.4 is 5.32 Å². The summed E-state index contributed by atoms with van der Waals surface area (Å²) in [5.41, 5.74) is 2.23. The van der Waals surface area contributed by atoms with E-state index in [1.165, 1.54) is 7.11 Å². The van der Waals surface area contributed by atoms with Crippen LogP contribution in [0.5, 0.6) is 0 Å². The van der Waals surface area contributed by atoms with Gasteiger partial charge < -0.3 is 14.5 Å². The van der Waals surface area contributed by atoms with Crippen molar-refractivity contribution in [2.45, 2.75) is 26.3 Å². The number of nitrogens with one attached hydrogen (secondary N) is 1. The van der Waals surface area contributed by atoms with Gasteiger partial charge in [-0.25, -0.2) is 9.78 Å². The molecule has 0 bridgehead atoms. The zero-order chi connectivity index (χ0) is 14.0. The molecule has 1 N–H and O–H groups in total. The van der Waals surface area contributed by atoms with E-state index in [4.69, 9.17) is 4.74 Å². The summed E-state index contributed by atoms with van der Waals surface area (Å²) in [5.74, 6) is 0.469. The van der Waals surface area contributed by atoms with E-state index < -0.39 is 5.97 Å². The lowest BCUT2D eigenvalue weighted by molar-refractivity contribution is 0.0596. The van der Waals surface area contributed by atoms with E-state index in [0.717, 1.165) is 23.3 Å². The van der Waals surface area contributed by atoms with E-state index in [1.807, 2.05) is 36.7 Å². The largest absolute Gasteiger partial charge is 0.464 e. The Hall–Kier alpha value is -1.88. The number of aryl methyl sites for hydroxylation is 1. The molecule has 1 atom stereocenters. The molecule has 2 aromatic heterocycles. The molecule has 2 aromatic rings. The molecule has 2 rings (SSSR count).